The third-order valence-electron chi connectivity index (χ3n) is 9.64. The standard InChI is InChI=1S/C26H34N2O3/c1-15(29)24-21(17(13-27)14-28)12-23-20-6-5-18-11-19(31-16(2)30)7-9-25(18,3)22(20)8-10-26(23,24)4/h5,17,19-24H,6-12H2,1-4H3/t19-,20+,21+,22-,23-,24-,25-,26-/m0/s1. The van der Waals surface area contributed by atoms with Crippen molar-refractivity contribution >= 4 is 11.8 Å². The van der Waals surface area contributed by atoms with Gasteiger partial charge in [0.05, 0.1) is 12.1 Å². The number of hydrogen-bond donors (Lipinski definition) is 0. The Morgan fingerprint density at radius 3 is 2.45 bits per heavy atom. The predicted octanol–water partition coefficient (Wildman–Crippen LogP) is 4.98. The molecule has 166 valence electrons. The van der Waals surface area contributed by atoms with Gasteiger partial charge in [0.2, 0.25) is 0 Å². The molecule has 0 aromatic rings. The molecule has 0 amide bonds. The van der Waals surface area contributed by atoms with Gasteiger partial charge in [-0.15, -0.1) is 0 Å². The van der Waals surface area contributed by atoms with E-state index in [2.05, 4.69) is 32.1 Å². The summed E-state index contributed by atoms with van der Waals surface area (Å²) in [6, 6.07) is 4.37. The second kappa shape index (κ2) is 7.77. The first-order chi connectivity index (χ1) is 14.7. The van der Waals surface area contributed by atoms with Crippen LogP contribution in [0.25, 0.3) is 0 Å². The Bertz CT molecular complexity index is 881. The number of hydrogen-bond acceptors (Lipinski definition) is 5. The Kier molecular flexibility index (Phi) is 5.53. The fourth-order valence-corrected chi connectivity index (χ4v) is 8.37. The van der Waals surface area contributed by atoms with Gasteiger partial charge >= 0.3 is 5.97 Å². The molecule has 0 heterocycles. The zero-order chi connectivity index (χ0) is 22.6. The average molecular weight is 423 g/mol. The molecule has 0 unspecified atom stereocenters. The van der Waals surface area contributed by atoms with Crippen LogP contribution in [0.5, 0.6) is 0 Å². The van der Waals surface area contributed by atoms with Crippen molar-refractivity contribution in [3.63, 3.8) is 0 Å². The van der Waals surface area contributed by atoms with Gasteiger partial charge in [-0.3, -0.25) is 9.59 Å². The molecule has 0 aromatic carbocycles. The van der Waals surface area contributed by atoms with E-state index in [4.69, 9.17) is 4.74 Å². The van der Waals surface area contributed by atoms with Gasteiger partial charge < -0.3 is 4.74 Å². The van der Waals surface area contributed by atoms with E-state index >= 15 is 0 Å². The molecule has 3 fully saturated rings. The molecule has 4 aliphatic carbocycles. The molecule has 0 saturated heterocycles. The number of carbonyl (C=O) groups excluding carboxylic acids is 2. The third-order valence-corrected chi connectivity index (χ3v) is 9.64. The molecular weight excluding hydrogens is 388 g/mol. The number of fused-ring (bicyclic) bond motifs is 5. The molecule has 0 spiro atoms. The Balaban J connectivity index is 1.65. The molecule has 3 saturated carbocycles. The lowest BCUT2D eigenvalue weighted by atomic mass is 9.47. The smallest absolute Gasteiger partial charge is 0.302 e. The Labute approximate surface area is 185 Å². The highest BCUT2D eigenvalue weighted by Crippen LogP contribution is 2.68. The molecular formula is C26H34N2O3. The highest BCUT2D eigenvalue weighted by molar-refractivity contribution is 5.80. The summed E-state index contributed by atoms with van der Waals surface area (Å²) < 4.78 is 5.53. The van der Waals surface area contributed by atoms with E-state index in [1.165, 1.54) is 12.5 Å². The van der Waals surface area contributed by atoms with E-state index in [9.17, 15) is 20.1 Å². The molecule has 0 aromatic heterocycles. The highest BCUT2D eigenvalue weighted by atomic mass is 16.5. The summed E-state index contributed by atoms with van der Waals surface area (Å²) in [5, 5.41) is 19.2. The maximum atomic E-state index is 12.8. The first-order valence-corrected chi connectivity index (χ1v) is 11.8. The van der Waals surface area contributed by atoms with Crippen molar-refractivity contribution in [3.05, 3.63) is 11.6 Å². The van der Waals surface area contributed by atoms with Gasteiger partial charge in [-0.2, -0.15) is 10.5 Å². The number of allylic oxidation sites excluding steroid dienone is 1. The average Bonchev–Trinajstić information content (AvgIpc) is 3.02. The number of nitrogens with zero attached hydrogens (tertiary/aromatic N) is 2. The van der Waals surface area contributed by atoms with Gasteiger partial charge in [-0.25, -0.2) is 0 Å². The normalized spacial score (nSPS) is 43.5. The number of Topliss-reactive ketones (excluding diaryl/α,β-unsaturated/α-hetero) is 1. The lowest BCUT2D eigenvalue weighted by Crippen LogP contribution is -2.51. The van der Waals surface area contributed by atoms with Gasteiger partial charge in [-0.05, 0) is 80.0 Å². The van der Waals surface area contributed by atoms with Crippen molar-refractivity contribution in [2.75, 3.05) is 0 Å². The van der Waals surface area contributed by atoms with Crippen LogP contribution in [0.4, 0.5) is 0 Å². The van der Waals surface area contributed by atoms with Crippen molar-refractivity contribution in [1.82, 2.24) is 0 Å². The van der Waals surface area contributed by atoms with Gasteiger partial charge in [0.15, 0.2) is 0 Å². The van der Waals surface area contributed by atoms with Crippen LogP contribution in [0.15, 0.2) is 11.6 Å². The quantitative estimate of drug-likeness (QED) is 0.473. The van der Waals surface area contributed by atoms with E-state index in [0.717, 1.165) is 44.9 Å². The fraction of sp³-hybridized carbons (Fsp3) is 0.769. The summed E-state index contributed by atoms with van der Waals surface area (Å²) >= 11 is 0. The first kappa shape index (κ1) is 22.1. The lowest BCUT2D eigenvalue weighted by Gasteiger charge is -2.58. The van der Waals surface area contributed by atoms with Gasteiger partial charge in [0, 0.05) is 19.3 Å². The van der Waals surface area contributed by atoms with Crippen molar-refractivity contribution in [2.45, 2.75) is 78.7 Å². The minimum absolute atomic E-state index is 0.00722. The summed E-state index contributed by atoms with van der Waals surface area (Å²) in [5.41, 5.74) is 1.44. The summed E-state index contributed by atoms with van der Waals surface area (Å²) in [6.45, 7) is 7.79. The number of carbonyl (C=O) groups is 2. The first-order valence-electron chi connectivity index (χ1n) is 11.8. The molecule has 4 aliphatic rings. The van der Waals surface area contributed by atoms with E-state index in [1.54, 1.807) is 6.92 Å². The molecule has 8 atom stereocenters. The minimum atomic E-state index is -0.709. The Morgan fingerprint density at radius 2 is 1.84 bits per heavy atom. The Hall–Kier alpha value is -2.14. The van der Waals surface area contributed by atoms with E-state index < -0.39 is 5.92 Å². The van der Waals surface area contributed by atoms with Crippen LogP contribution in [0.1, 0.15) is 72.6 Å². The fourth-order valence-electron chi connectivity index (χ4n) is 8.37. The molecule has 31 heavy (non-hydrogen) atoms. The number of rotatable bonds is 3. The maximum Gasteiger partial charge on any atom is 0.302 e. The van der Waals surface area contributed by atoms with Crippen LogP contribution in [-0.4, -0.2) is 17.9 Å². The molecule has 0 N–H and O–H groups in total. The molecule has 4 rings (SSSR count). The van der Waals surface area contributed by atoms with Gasteiger partial charge in [-0.1, -0.05) is 25.5 Å². The number of esters is 1. The van der Waals surface area contributed by atoms with Crippen molar-refractivity contribution in [3.8, 4) is 12.1 Å². The number of ether oxygens (including phenoxy) is 1. The molecule has 0 bridgehead atoms. The van der Waals surface area contributed by atoms with E-state index in [-0.39, 0.29) is 40.5 Å². The van der Waals surface area contributed by atoms with E-state index in [0.29, 0.717) is 17.8 Å². The van der Waals surface area contributed by atoms with Crippen molar-refractivity contribution < 1.29 is 14.3 Å². The van der Waals surface area contributed by atoms with Crippen LogP contribution in [0, 0.1) is 69.0 Å². The van der Waals surface area contributed by atoms with Gasteiger partial charge in [0.25, 0.3) is 0 Å². The predicted molar refractivity (Wildman–Crippen MR) is 115 cm³/mol. The molecule has 5 nitrogen and oxygen atoms in total. The zero-order valence-corrected chi connectivity index (χ0v) is 19.2. The lowest BCUT2D eigenvalue weighted by molar-refractivity contribution is -0.149. The second-order valence-corrected chi connectivity index (χ2v) is 11.0. The number of ketones is 1. The summed E-state index contributed by atoms with van der Waals surface area (Å²) in [5.74, 6) is 0.298. The monoisotopic (exact) mass is 422 g/mol. The summed E-state index contributed by atoms with van der Waals surface area (Å²) in [7, 11) is 0. The second-order valence-electron chi connectivity index (χ2n) is 11.0. The number of nitriles is 2. The topological polar surface area (TPSA) is 90.9 Å². The molecule has 0 aliphatic heterocycles. The highest BCUT2D eigenvalue weighted by Gasteiger charge is 2.63. The zero-order valence-electron chi connectivity index (χ0n) is 19.2. The van der Waals surface area contributed by atoms with Crippen LogP contribution in [0.3, 0.4) is 0 Å². The summed E-state index contributed by atoms with van der Waals surface area (Å²) in [4.78, 5) is 24.2. The maximum absolute atomic E-state index is 12.8. The van der Waals surface area contributed by atoms with E-state index in [1.807, 2.05) is 0 Å². The van der Waals surface area contributed by atoms with Crippen molar-refractivity contribution in [2.24, 2.45) is 46.3 Å². The third kappa shape index (κ3) is 3.32. The summed E-state index contributed by atoms with van der Waals surface area (Å²) in [6.07, 6.45) is 9.03. The van der Waals surface area contributed by atoms with Crippen LogP contribution in [0.2, 0.25) is 0 Å². The minimum Gasteiger partial charge on any atom is -0.462 e. The van der Waals surface area contributed by atoms with Gasteiger partial charge in [0.1, 0.15) is 17.8 Å². The Morgan fingerprint density at radius 1 is 1.13 bits per heavy atom. The van der Waals surface area contributed by atoms with Crippen molar-refractivity contribution in [1.29, 1.82) is 10.5 Å². The van der Waals surface area contributed by atoms with Crippen LogP contribution in [-0.2, 0) is 14.3 Å². The molecule has 5 heteroatoms. The van der Waals surface area contributed by atoms with Crippen LogP contribution >= 0.6 is 0 Å². The largest absolute Gasteiger partial charge is 0.462 e. The van der Waals surface area contributed by atoms with Crippen LogP contribution < -0.4 is 0 Å². The SMILES string of the molecule is CC(=O)O[C@H]1CC[C@@]2(C)C(=CC[C@H]3[C@@H]4C[C@H](C(C#N)C#N)[C@H](C(C)=O)[C@@]4(C)CC[C@@H]32)C1. The molecule has 0 radical (unpaired) electrons.